The molecule has 1 atom stereocenters. The summed E-state index contributed by atoms with van der Waals surface area (Å²) in [7, 11) is 1.57. The van der Waals surface area contributed by atoms with E-state index in [2.05, 4.69) is 0 Å². The third kappa shape index (κ3) is 2.09. The Morgan fingerprint density at radius 1 is 1.22 bits per heavy atom. The molecule has 0 bridgehead atoms. The molecule has 0 aliphatic carbocycles. The third-order valence-electron chi connectivity index (χ3n) is 3.03. The number of phenolic OH excluding ortho intramolecular Hbond substituents is 1. The van der Waals surface area contributed by atoms with Gasteiger partial charge < -0.3 is 14.9 Å². The van der Waals surface area contributed by atoms with Gasteiger partial charge in [0.1, 0.15) is 11.5 Å². The molecule has 2 aromatic carbocycles. The molecular weight excluding hydrogens is 232 g/mol. The number of rotatable bonds is 3. The zero-order valence-corrected chi connectivity index (χ0v) is 10.2. The molecular formula is C14H14O4. The van der Waals surface area contributed by atoms with Gasteiger partial charge >= 0.3 is 5.97 Å². The van der Waals surface area contributed by atoms with Crippen molar-refractivity contribution in [3.05, 3.63) is 35.9 Å². The van der Waals surface area contributed by atoms with Gasteiger partial charge in [0.2, 0.25) is 0 Å². The fourth-order valence-corrected chi connectivity index (χ4v) is 1.89. The first-order valence-corrected chi connectivity index (χ1v) is 5.56. The van der Waals surface area contributed by atoms with Crippen LogP contribution < -0.4 is 4.74 Å². The molecule has 2 N–H and O–H groups in total. The van der Waals surface area contributed by atoms with Gasteiger partial charge in [-0.25, -0.2) is 0 Å². The predicted molar refractivity (Wildman–Crippen MR) is 68.2 cm³/mol. The minimum absolute atomic E-state index is 0.00865. The minimum atomic E-state index is -0.960. The van der Waals surface area contributed by atoms with Gasteiger partial charge in [-0.05, 0) is 42.0 Å². The van der Waals surface area contributed by atoms with Crippen molar-refractivity contribution in [2.24, 2.45) is 0 Å². The summed E-state index contributed by atoms with van der Waals surface area (Å²) in [5, 5.41) is 20.6. The molecule has 0 amide bonds. The van der Waals surface area contributed by atoms with E-state index in [1.54, 1.807) is 38.3 Å². The quantitative estimate of drug-likeness (QED) is 0.873. The van der Waals surface area contributed by atoms with Crippen LogP contribution in [0.5, 0.6) is 11.5 Å². The molecule has 2 aromatic rings. The summed E-state index contributed by atoms with van der Waals surface area (Å²) in [4.78, 5) is 11.0. The van der Waals surface area contributed by atoms with Crippen LogP contribution in [-0.2, 0) is 4.79 Å². The lowest BCUT2D eigenvalue weighted by atomic mass is 9.96. The van der Waals surface area contributed by atoms with Crippen LogP contribution in [-0.4, -0.2) is 23.3 Å². The molecule has 0 radical (unpaired) electrons. The van der Waals surface area contributed by atoms with Crippen molar-refractivity contribution >= 4 is 16.7 Å². The Labute approximate surface area is 104 Å². The first-order valence-electron chi connectivity index (χ1n) is 5.56. The number of carbonyl (C=O) groups is 1. The van der Waals surface area contributed by atoms with Gasteiger partial charge in [0, 0.05) is 5.56 Å². The van der Waals surface area contributed by atoms with Gasteiger partial charge in [0.15, 0.2) is 0 Å². The fourth-order valence-electron chi connectivity index (χ4n) is 1.89. The normalized spacial score (nSPS) is 12.3. The van der Waals surface area contributed by atoms with Gasteiger partial charge in [-0.15, -0.1) is 0 Å². The van der Waals surface area contributed by atoms with E-state index in [1.165, 1.54) is 0 Å². The number of hydrogen-bond donors (Lipinski definition) is 2. The molecule has 0 saturated carbocycles. The third-order valence-corrected chi connectivity index (χ3v) is 3.03. The van der Waals surface area contributed by atoms with Gasteiger partial charge in [0.05, 0.1) is 13.0 Å². The van der Waals surface area contributed by atoms with Gasteiger partial charge in [-0.3, -0.25) is 4.79 Å². The second-order valence-corrected chi connectivity index (χ2v) is 4.18. The first-order chi connectivity index (χ1) is 8.52. The molecule has 0 fully saturated rings. The van der Waals surface area contributed by atoms with E-state index in [9.17, 15) is 9.90 Å². The van der Waals surface area contributed by atoms with Crippen LogP contribution in [0.25, 0.3) is 10.8 Å². The van der Waals surface area contributed by atoms with Crippen LogP contribution in [0.4, 0.5) is 0 Å². The summed E-state index contributed by atoms with van der Waals surface area (Å²) in [5.41, 5.74) is 0.417. The minimum Gasteiger partial charge on any atom is -0.508 e. The lowest BCUT2D eigenvalue weighted by Gasteiger charge is -2.11. The number of aliphatic carboxylic acids is 1. The van der Waals surface area contributed by atoms with Crippen molar-refractivity contribution in [2.75, 3.05) is 7.11 Å². The molecule has 0 spiro atoms. The van der Waals surface area contributed by atoms with E-state index in [1.807, 2.05) is 6.07 Å². The maximum Gasteiger partial charge on any atom is 0.310 e. The number of benzene rings is 2. The highest BCUT2D eigenvalue weighted by Crippen LogP contribution is 2.32. The number of hydrogen-bond acceptors (Lipinski definition) is 3. The molecule has 2 rings (SSSR count). The maximum atomic E-state index is 11.0. The van der Waals surface area contributed by atoms with E-state index in [4.69, 9.17) is 9.84 Å². The number of aromatic hydroxyl groups is 1. The van der Waals surface area contributed by atoms with E-state index < -0.39 is 11.9 Å². The Kier molecular flexibility index (Phi) is 3.10. The van der Waals surface area contributed by atoms with Gasteiger partial charge in [-0.1, -0.05) is 6.07 Å². The van der Waals surface area contributed by atoms with Crippen molar-refractivity contribution in [1.29, 1.82) is 0 Å². The van der Waals surface area contributed by atoms with Crippen LogP contribution in [0, 0.1) is 0 Å². The fraction of sp³-hybridized carbons (Fsp3) is 0.214. The van der Waals surface area contributed by atoms with Crippen molar-refractivity contribution in [3.63, 3.8) is 0 Å². The van der Waals surface area contributed by atoms with Crippen molar-refractivity contribution in [2.45, 2.75) is 12.8 Å². The Bertz CT molecular complexity index is 604. The van der Waals surface area contributed by atoms with E-state index >= 15 is 0 Å². The van der Waals surface area contributed by atoms with Gasteiger partial charge in [-0.2, -0.15) is 0 Å². The van der Waals surface area contributed by atoms with Crippen molar-refractivity contribution in [3.8, 4) is 11.5 Å². The molecule has 0 heterocycles. The molecule has 0 saturated heterocycles. The zero-order chi connectivity index (χ0) is 13.3. The SMILES string of the molecule is COc1ccc2cc([C@H](C)C(=O)O)c(O)cc2c1. The molecule has 4 heteroatoms. The first kappa shape index (κ1) is 12.2. The lowest BCUT2D eigenvalue weighted by Crippen LogP contribution is -2.07. The molecule has 0 aliphatic rings. The van der Waals surface area contributed by atoms with E-state index in [0.29, 0.717) is 11.3 Å². The van der Waals surface area contributed by atoms with E-state index in [-0.39, 0.29) is 5.75 Å². The summed E-state index contributed by atoms with van der Waals surface area (Å²) in [5.74, 6) is -1.01. The number of fused-ring (bicyclic) bond motifs is 1. The number of carboxylic acids is 1. The largest absolute Gasteiger partial charge is 0.508 e. The Morgan fingerprint density at radius 3 is 2.56 bits per heavy atom. The molecule has 94 valence electrons. The van der Waals surface area contributed by atoms with Crippen LogP contribution in [0.2, 0.25) is 0 Å². The summed E-state index contributed by atoms with van der Waals surface area (Å²) in [6.07, 6.45) is 0. The summed E-state index contributed by atoms with van der Waals surface area (Å²) < 4.78 is 5.10. The molecule has 0 aromatic heterocycles. The Balaban J connectivity index is 2.59. The average Bonchev–Trinajstić information content (AvgIpc) is 2.36. The van der Waals surface area contributed by atoms with Crippen molar-refractivity contribution in [1.82, 2.24) is 0 Å². The number of carboxylic acid groups (broad SMARTS) is 1. The summed E-state index contributed by atoms with van der Waals surface area (Å²) >= 11 is 0. The topological polar surface area (TPSA) is 66.8 Å². The number of methoxy groups -OCH3 is 1. The highest BCUT2D eigenvalue weighted by atomic mass is 16.5. The average molecular weight is 246 g/mol. The Hall–Kier alpha value is -2.23. The highest BCUT2D eigenvalue weighted by molar-refractivity contribution is 5.88. The maximum absolute atomic E-state index is 11.0. The predicted octanol–water partition coefficient (Wildman–Crippen LogP) is 2.74. The second kappa shape index (κ2) is 4.56. The smallest absolute Gasteiger partial charge is 0.310 e. The second-order valence-electron chi connectivity index (χ2n) is 4.18. The highest BCUT2D eigenvalue weighted by Gasteiger charge is 2.18. The monoisotopic (exact) mass is 246 g/mol. The lowest BCUT2D eigenvalue weighted by molar-refractivity contribution is -0.138. The molecule has 0 unspecified atom stereocenters. The number of ether oxygens (including phenoxy) is 1. The molecule has 0 aliphatic heterocycles. The van der Waals surface area contributed by atoms with Crippen LogP contribution in [0.1, 0.15) is 18.4 Å². The summed E-state index contributed by atoms with van der Waals surface area (Å²) in [6, 6.07) is 8.69. The van der Waals surface area contributed by atoms with Crippen LogP contribution in [0.3, 0.4) is 0 Å². The van der Waals surface area contributed by atoms with Gasteiger partial charge in [0.25, 0.3) is 0 Å². The van der Waals surface area contributed by atoms with E-state index in [0.717, 1.165) is 10.8 Å². The number of phenols is 1. The van der Waals surface area contributed by atoms with Crippen LogP contribution in [0.15, 0.2) is 30.3 Å². The van der Waals surface area contributed by atoms with Crippen molar-refractivity contribution < 1.29 is 19.7 Å². The summed E-state index contributed by atoms with van der Waals surface area (Å²) in [6.45, 7) is 1.55. The zero-order valence-electron chi connectivity index (χ0n) is 10.2. The standard InChI is InChI=1S/C14H14O4/c1-8(14(16)17)12-6-9-3-4-11(18-2)5-10(9)7-13(12)15/h3-8,15H,1-2H3,(H,16,17)/t8-/m0/s1. The Morgan fingerprint density at radius 2 is 1.94 bits per heavy atom. The molecule has 4 nitrogen and oxygen atoms in total. The van der Waals surface area contributed by atoms with Crippen LogP contribution >= 0.6 is 0 Å². The molecule has 18 heavy (non-hydrogen) atoms.